The third kappa shape index (κ3) is 1.70. The first-order chi connectivity index (χ1) is 9.75. The Morgan fingerprint density at radius 1 is 1.20 bits per heavy atom. The minimum Gasteiger partial charge on any atom is -0.200 e. The molecule has 1 aromatic carbocycles. The molecule has 0 amide bonds. The van der Waals surface area contributed by atoms with Gasteiger partial charge in [0, 0.05) is 16.3 Å². The van der Waals surface area contributed by atoms with E-state index in [9.17, 15) is 0 Å². The highest BCUT2D eigenvalue weighted by Gasteiger charge is 2.23. The van der Waals surface area contributed by atoms with Gasteiger partial charge in [-0.2, -0.15) is 11.4 Å². The molecule has 4 rings (SSSR count). The predicted octanol–water partition coefficient (Wildman–Crippen LogP) is 3.88. The van der Waals surface area contributed by atoms with E-state index in [1.807, 2.05) is 11.3 Å². The van der Waals surface area contributed by atoms with Crippen LogP contribution in [-0.4, -0.2) is 5.37 Å². The molecule has 0 unspecified atom stereocenters. The first-order valence-electron chi connectivity index (χ1n) is 6.78. The highest BCUT2D eigenvalue weighted by atomic mass is 32.2. The van der Waals surface area contributed by atoms with Gasteiger partial charge in [0.05, 0.1) is 9.60 Å². The molecule has 0 N–H and O–H groups in total. The van der Waals surface area contributed by atoms with Crippen molar-refractivity contribution in [2.45, 2.75) is 17.6 Å². The van der Waals surface area contributed by atoms with Gasteiger partial charge in [-0.15, -0.1) is 11.3 Å². The van der Waals surface area contributed by atoms with Crippen molar-refractivity contribution in [3.8, 4) is 11.3 Å². The summed E-state index contributed by atoms with van der Waals surface area (Å²) in [5, 5.41) is 3.83. The number of hydrogen-bond donors (Lipinski definition) is 1. The number of hydrogen-bond acceptors (Lipinski definition) is 1. The molecule has 1 aliphatic rings. The number of rotatable bonds is 1. The highest BCUT2D eigenvalue weighted by molar-refractivity contribution is 8.00. The predicted molar refractivity (Wildman–Crippen MR) is 90.2 cm³/mol. The van der Waals surface area contributed by atoms with Gasteiger partial charge in [0.2, 0.25) is 5.69 Å². The zero-order valence-corrected chi connectivity index (χ0v) is 13.3. The highest BCUT2D eigenvalue weighted by Crippen LogP contribution is 2.42. The molecule has 3 heteroatoms. The normalized spacial score (nSPS) is 13.5. The first-order valence-corrected chi connectivity index (χ1v) is 8.56. The molecule has 3 aromatic rings. The smallest absolute Gasteiger partial charge is 0.200 e. The topological polar surface area (TPSA) is 3.88 Å². The van der Waals surface area contributed by atoms with Crippen molar-refractivity contribution in [1.29, 1.82) is 0 Å². The van der Waals surface area contributed by atoms with Crippen molar-refractivity contribution in [2.75, 3.05) is 0 Å². The number of aryl methyl sites for hydroxylation is 2. The van der Waals surface area contributed by atoms with E-state index in [1.165, 1.54) is 42.5 Å². The number of aromatic nitrogens is 1. The van der Waals surface area contributed by atoms with Gasteiger partial charge in [-0.05, 0) is 30.5 Å². The molecule has 0 saturated heterocycles. The van der Waals surface area contributed by atoms with Crippen LogP contribution in [0.25, 0.3) is 21.3 Å². The summed E-state index contributed by atoms with van der Waals surface area (Å²) in [7, 11) is 2.15. The molecule has 20 heavy (non-hydrogen) atoms. The fraction of sp³-hybridized carbons (Fsp3) is 0.176. The van der Waals surface area contributed by atoms with Crippen molar-refractivity contribution in [1.82, 2.24) is 0 Å². The average molecular weight is 298 g/mol. The molecule has 1 aliphatic heterocycles. The Morgan fingerprint density at radius 2 is 2.05 bits per heavy atom. The first kappa shape index (κ1) is 12.3. The molecular weight excluding hydrogens is 282 g/mol. The lowest BCUT2D eigenvalue weighted by molar-refractivity contribution is -0.659. The van der Waals surface area contributed by atoms with Crippen LogP contribution in [0.2, 0.25) is 0 Å². The average Bonchev–Trinajstić information content (AvgIpc) is 3.01. The quantitative estimate of drug-likeness (QED) is 0.395. The fourth-order valence-electron chi connectivity index (χ4n) is 2.96. The molecule has 2 aromatic heterocycles. The maximum Gasteiger partial charge on any atom is 0.221 e. The van der Waals surface area contributed by atoms with Crippen LogP contribution in [0.15, 0.2) is 40.7 Å². The SMILES string of the molecule is Cc1ccccc1-c1c2c3c(sc2cc[n+]1C)[SH]=CC3. The Labute approximate surface area is 126 Å². The van der Waals surface area contributed by atoms with Gasteiger partial charge in [-0.25, -0.2) is 4.57 Å². The third-order valence-electron chi connectivity index (χ3n) is 3.96. The van der Waals surface area contributed by atoms with Crippen molar-refractivity contribution >= 4 is 38.1 Å². The molecule has 3 heterocycles. The van der Waals surface area contributed by atoms with Crippen LogP contribution in [0.3, 0.4) is 0 Å². The lowest BCUT2D eigenvalue weighted by atomic mass is 10.00. The second-order valence-electron chi connectivity index (χ2n) is 5.23. The van der Waals surface area contributed by atoms with E-state index in [4.69, 9.17) is 0 Å². The maximum absolute atomic E-state index is 2.37. The van der Waals surface area contributed by atoms with E-state index in [-0.39, 0.29) is 0 Å². The molecule has 0 atom stereocenters. The summed E-state index contributed by atoms with van der Waals surface area (Å²) in [6, 6.07) is 11.0. The molecule has 1 nitrogen and oxygen atoms in total. The van der Waals surface area contributed by atoms with Crippen LogP contribution in [0.1, 0.15) is 11.1 Å². The van der Waals surface area contributed by atoms with Crippen LogP contribution in [0.4, 0.5) is 0 Å². The van der Waals surface area contributed by atoms with E-state index < -0.39 is 0 Å². The monoisotopic (exact) mass is 298 g/mol. The summed E-state index contributed by atoms with van der Waals surface area (Å²) < 4.78 is 5.22. The fourth-order valence-corrected chi connectivity index (χ4v) is 5.45. The molecule has 0 bridgehead atoms. The third-order valence-corrected chi connectivity index (χ3v) is 6.42. The minimum atomic E-state index is 1.11. The number of thiophene rings is 1. The number of thiol groups is 1. The maximum atomic E-state index is 2.37. The molecule has 100 valence electrons. The van der Waals surface area contributed by atoms with Crippen molar-refractivity contribution in [2.24, 2.45) is 7.05 Å². The van der Waals surface area contributed by atoms with E-state index in [0.717, 1.165) is 6.42 Å². The largest absolute Gasteiger partial charge is 0.221 e. The number of nitrogens with zero attached hydrogens (tertiary/aromatic N) is 1. The van der Waals surface area contributed by atoms with Gasteiger partial charge in [0.25, 0.3) is 0 Å². The van der Waals surface area contributed by atoms with E-state index in [2.05, 4.69) is 60.4 Å². The molecule has 0 fully saturated rings. The van der Waals surface area contributed by atoms with E-state index >= 15 is 0 Å². The minimum absolute atomic E-state index is 1.11. The molecule has 0 saturated carbocycles. The number of benzene rings is 1. The Balaban J connectivity index is 2.14. The summed E-state index contributed by atoms with van der Waals surface area (Å²) >= 11 is 3.35. The molecular formula is C17H16NS2+. The Hall–Kier alpha value is -1.45. The van der Waals surface area contributed by atoms with Crippen LogP contribution >= 0.6 is 22.7 Å². The van der Waals surface area contributed by atoms with Gasteiger partial charge >= 0.3 is 0 Å². The molecule has 0 aliphatic carbocycles. The van der Waals surface area contributed by atoms with E-state index in [0.29, 0.717) is 0 Å². The van der Waals surface area contributed by atoms with Crippen LogP contribution in [0, 0.1) is 6.92 Å². The summed E-state index contributed by atoms with van der Waals surface area (Å²) in [6.07, 6.45) is 3.30. The standard InChI is InChI=1S/C17H16NS2/c1-11-5-3-4-6-12(11)16-15-13-8-10-19-17(13)20-14(15)7-9-18(16)2/h3-7,9-10,19H,8H2,1-2H3/q+1. The number of fused-ring (bicyclic) bond motifs is 3. The summed E-state index contributed by atoms with van der Waals surface area (Å²) in [4.78, 5) is 0. The number of pyridine rings is 1. The van der Waals surface area contributed by atoms with Crippen molar-refractivity contribution < 1.29 is 4.57 Å². The van der Waals surface area contributed by atoms with Crippen LogP contribution in [0.5, 0.6) is 0 Å². The van der Waals surface area contributed by atoms with E-state index in [1.54, 1.807) is 5.56 Å². The van der Waals surface area contributed by atoms with Gasteiger partial charge in [0.15, 0.2) is 6.20 Å². The molecule has 0 spiro atoms. The Bertz CT molecular complexity index is 859. The van der Waals surface area contributed by atoms with Crippen molar-refractivity contribution in [3.05, 3.63) is 47.7 Å². The van der Waals surface area contributed by atoms with Gasteiger partial charge in [-0.1, -0.05) is 23.6 Å². The Kier molecular flexibility index (Phi) is 2.79. The van der Waals surface area contributed by atoms with Gasteiger partial charge in [-0.3, -0.25) is 0 Å². The second-order valence-corrected chi connectivity index (χ2v) is 7.66. The zero-order valence-electron chi connectivity index (χ0n) is 11.6. The lowest BCUT2D eigenvalue weighted by Crippen LogP contribution is -2.30. The zero-order chi connectivity index (χ0) is 13.7. The van der Waals surface area contributed by atoms with Crippen LogP contribution < -0.4 is 4.57 Å². The lowest BCUT2D eigenvalue weighted by Gasteiger charge is -2.06. The second kappa shape index (κ2) is 4.54. The van der Waals surface area contributed by atoms with Crippen LogP contribution in [-0.2, 0) is 13.5 Å². The molecule has 0 radical (unpaired) electrons. The summed E-state index contributed by atoms with van der Waals surface area (Å²) in [6.45, 7) is 2.20. The van der Waals surface area contributed by atoms with Crippen molar-refractivity contribution in [3.63, 3.8) is 0 Å². The summed E-state index contributed by atoms with van der Waals surface area (Å²) in [5.41, 5.74) is 5.60. The van der Waals surface area contributed by atoms with Gasteiger partial charge in [0.1, 0.15) is 7.05 Å². The Morgan fingerprint density at radius 3 is 2.90 bits per heavy atom. The summed E-state index contributed by atoms with van der Waals surface area (Å²) in [5.74, 6) is 0. The van der Waals surface area contributed by atoms with Gasteiger partial charge < -0.3 is 0 Å².